The van der Waals surface area contributed by atoms with Crippen molar-refractivity contribution in [3.8, 4) is 0 Å². The van der Waals surface area contributed by atoms with E-state index in [-0.39, 0.29) is 12.6 Å². The number of rotatable bonds is 8. The predicted molar refractivity (Wildman–Crippen MR) is 82.1 cm³/mol. The van der Waals surface area contributed by atoms with Gasteiger partial charge >= 0.3 is 0 Å². The summed E-state index contributed by atoms with van der Waals surface area (Å²) in [6, 6.07) is 10.7. The number of aliphatic hydroxyl groups excluding tert-OH is 1. The van der Waals surface area contributed by atoms with Crippen molar-refractivity contribution in [2.24, 2.45) is 11.8 Å². The summed E-state index contributed by atoms with van der Waals surface area (Å²) in [6.07, 6.45) is 2.31. The van der Waals surface area contributed by atoms with Crippen molar-refractivity contribution in [1.29, 1.82) is 0 Å². The summed E-state index contributed by atoms with van der Waals surface area (Å²) < 4.78 is 0. The Morgan fingerprint density at radius 2 is 1.47 bits per heavy atom. The number of benzene rings is 1. The van der Waals surface area contributed by atoms with E-state index < -0.39 is 0 Å². The van der Waals surface area contributed by atoms with E-state index in [2.05, 4.69) is 45.1 Å². The van der Waals surface area contributed by atoms with Crippen molar-refractivity contribution in [1.82, 2.24) is 5.32 Å². The quantitative estimate of drug-likeness (QED) is 0.748. The van der Waals surface area contributed by atoms with E-state index in [4.69, 9.17) is 0 Å². The van der Waals surface area contributed by atoms with E-state index in [0.717, 1.165) is 12.8 Å². The Bertz CT molecular complexity index is 324. The molecule has 0 aliphatic rings. The molecule has 0 amide bonds. The lowest BCUT2D eigenvalue weighted by Crippen LogP contribution is -2.36. The molecule has 1 aromatic rings. The van der Waals surface area contributed by atoms with Gasteiger partial charge in [0, 0.05) is 6.04 Å². The molecule has 2 N–H and O–H groups in total. The second kappa shape index (κ2) is 8.34. The summed E-state index contributed by atoms with van der Waals surface area (Å²) in [4.78, 5) is 0. The lowest BCUT2D eigenvalue weighted by Gasteiger charge is -2.27. The zero-order chi connectivity index (χ0) is 14.3. The first-order valence-corrected chi connectivity index (χ1v) is 7.44. The molecular weight excluding hydrogens is 234 g/mol. The summed E-state index contributed by atoms with van der Waals surface area (Å²) in [5.41, 5.74) is 1.17. The molecule has 0 radical (unpaired) electrons. The van der Waals surface area contributed by atoms with Crippen LogP contribution >= 0.6 is 0 Å². The first kappa shape index (κ1) is 16.2. The average Bonchev–Trinajstić information content (AvgIpc) is 2.35. The van der Waals surface area contributed by atoms with Crippen molar-refractivity contribution in [3.63, 3.8) is 0 Å². The van der Waals surface area contributed by atoms with Crippen LogP contribution in [0.15, 0.2) is 30.3 Å². The summed E-state index contributed by atoms with van der Waals surface area (Å²) >= 11 is 0. The Hall–Kier alpha value is -0.860. The second-order valence-corrected chi connectivity index (χ2v) is 6.27. The molecule has 1 aromatic carbocycles. The molecule has 2 heteroatoms. The number of nitrogens with one attached hydrogen (secondary N) is 1. The Labute approximate surface area is 118 Å². The molecule has 0 heterocycles. The third-order valence-corrected chi connectivity index (χ3v) is 3.33. The monoisotopic (exact) mass is 263 g/mol. The van der Waals surface area contributed by atoms with Crippen LogP contribution in [-0.4, -0.2) is 17.8 Å². The van der Waals surface area contributed by atoms with Gasteiger partial charge in [-0.05, 0) is 30.2 Å². The van der Waals surface area contributed by atoms with E-state index in [1.54, 1.807) is 0 Å². The van der Waals surface area contributed by atoms with E-state index in [9.17, 15) is 5.11 Å². The van der Waals surface area contributed by atoms with Crippen LogP contribution in [0.4, 0.5) is 0 Å². The number of hydrogen-bond donors (Lipinski definition) is 2. The Morgan fingerprint density at radius 1 is 0.947 bits per heavy atom. The van der Waals surface area contributed by atoms with Gasteiger partial charge in [-0.2, -0.15) is 0 Å². The van der Waals surface area contributed by atoms with Crippen LogP contribution in [0.25, 0.3) is 0 Å². The Balaban J connectivity index is 2.69. The van der Waals surface area contributed by atoms with Gasteiger partial charge in [0.1, 0.15) is 0 Å². The summed E-state index contributed by atoms with van der Waals surface area (Å²) in [5.74, 6) is 1.35. The highest BCUT2D eigenvalue weighted by Gasteiger charge is 2.18. The second-order valence-electron chi connectivity index (χ2n) is 6.27. The fraction of sp³-hybridized carbons (Fsp3) is 0.647. The zero-order valence-corrected chi connectivity index (χ0v) is 12.8. The molecule has 0 aromatic heterocycles. The minimum absolute atomic E-state index is 0.0451. The molecule has 0 bridgehead atoms. The Kier molecular flexibility index (Phi) is 7.11. The molecule has 0 aliphatic carbocycles. The maximum atomic E-state index is 9.63. The first-order chi connectivity index (χ1) is 9.02. The number of aliphatic hydroxyl groups is 1. The third kappa shape index (κ3) is 6.22. The topological polar surface area (TPSA) is 32.3 Å². The maximum Gasteiger partial charge on any atom is 0.0626 e. The molecule has 0 saturated heterocycles. The molecule has 1 atom stereocenters. The van der Waals surface area contributed by atoms with Crippen LogP contribution in [0.2, 0.25) is 0 Å². The van der Waals surface area contributed by atoms with Gasteiger partial charge < -0.3 is 10.4 Å². The highest BCUT2D eigenvalue weighted by Crippen LogP contribution is 2.19. The summed E-state index contributed by atoms with van der Waals surface area (Å²) in [5, 5.41) is 13.3. The lowest BCUT2D eigenvalue weighted by molar-refractivity contribution is 0.218. The smallest absolute Gasteiger partial charge is 0.0626 e. The Morgan fingerprint density at radius 3 is 1.89 bits per heavy atom. The predicted octanol–water partition coefficient (Wildman–Crippen LogP) is 3.77. The van der Waals surface area contributed by atoms with E-state index >= 15 is 0 Å². The van der Waals surface area contributed by atoms with Crippen molar-refractivity contribution in [3.05, 3.63) is 35.9 Å². The normalized spacial score (nSPS) is 13.5. The largest absolute Gasteiger partial charge is 0.394 e. The van der Waals surface area contributed by atoms with Crippen molar-refractivity contribution >= 4 is 0 Å². The van der Waals surface area contributed by atoms with Crippen LogP contribution in [0.1, 0.15) is 52.1 Å². The molecular formula is C17H29NO. The van der Waals surface area contributed by atoms with Gasteiger partial charge in [-0.25, -0.2) is 0 Å². The molecule has 0 unspecified atom stereocenters. The van der Waals surface area contributed by atoms with Crippen LogP contribution in [0, 0.1) is 11.8 Å². The SMILES string of the molecule is CC(C)CC(CC(C)C)N[C@@H](CO)c1ccccc1. The minimum atomic E-state index is 0.0451. The van der Waals surface area contributed by atoms with Crippen LogP contribution < -0.4 is 5.32 Å². The van der Waals surface area contributed by atoms with Gasteiger partial charge in [-0.3, -0.25) is 0 Å². The van der Waals surface area contributed by atoms with Gasteiger partial charge in [-0.15, -0.1) is 0 Å². The molecule has 0 fully saturated rings. The summed E-state index contributed by atoms with van der Waals surface area (Å²) in [7, 11) is 0. The van der Waals surface area contributed by atoms with E-state index in [1.165, 1.54) is 5.56 Å². The minimum Gasteiger partial charge on any atom is -0.394 e. The van der Waals surface area contributed by atoms with Gasteiger partial charge in [-0.1, -0.05) is 58.0 Å². The highest BCUT2D eigenvalue weighted by atomic mass is 16.3. The first-order valence-electron chi connectivity index (χ1n) is 7.44. The molecule has 19 heavy (non-hydrogen) atoms. The highest BCUT2D eigenvalue weighted by molar-refractivity contribution is 5.19. The van der Waals surface area contributed by atoms with Crippen molar-refractivity contribution in [2.75, 3.05) is 6.61 Å². The molecule has 0 spiro atoms. The van der Waals surface area contributed by atoms with Crippen LogP contribution in [-0.2, 0) is 0 Å². The molecule has 0 saturated carbocycles. The standard InChI is InChI=1S/C17H29NO/c1-13(2)10-16(11-14(3)4)18-17(12-19)15-8-6-5-7-9-15/h5-9,13-14,16-19H,10-12H2,1-4H3/t17-/m0/s1. The molecule has 0 aliphatic heterocycles. The van der Waals surface area contributed by atoms with Crippen molar-refractivity contribution in [2.45, 2.75) is 52.6 Å². The average molecular weight is 263 g/mol. The van der Waals surface area contributed by atoms with Gasteiger partial charge in [0.25, 0.3) is 0 Å². The molecule has 2 nitrogen and oxygen atoms in total. The lowest BCUT2D eigenvalue weighted by atomic mass is 9.94. The number of hydrogen-bond acceptors (Lipinski definition) is 2. The fourth-order valence-electron chi connectivity index (χ4n) is 2.59. The maximum absolute atomic E-state index is 9.63. The van der Waals surface area contributed by atoms with Gasteiger partial charge in [0.2, 0.25) is 0 Å². The molecule has 108 valence electrons. The fourth-order valence-corrected chi connectivity index (χ4v) is 2.59. The summed E-state index contributed by atoms with van der Waals surface area (Å²) in [6.45, 7) is 9.17. The van der Waals surface area contributed by atoms with Gasteiger partial charge in [0.15, 0.2) is 0 Å². The van der Waals surface area contributed by atoms with Crippen molar-refractivity contribution < 1.29 is 5.11 Å². The van der Waals surface area contributed by atoms with Gasteiger partial charge in [0.05, 0.1) is 12.6 Å². The molecule has 1 rings (SSSR count). The zero-order valence-electron chi connectivity index (χ0n) is 12.8. The third-order valence-electron chi connectivity index (χ3n) is 3.33. The van der Waals surface area contributed by atoms with Crippen LogP contribution in [0.5, 0.6) is 0 Å². The van der Waals surface area contributed by atoms with E-state index in [1.807, 2.05) is 18.2 Å². The van der Waals surface area contributed by atoms with Crippen LogP contribution in [0.3, 0.4) is 0 Å². The van der Waals surface area contributed by atoms with E-state index in [0.29, 0.717) is 17.9 Å².